The number of nitrogens with zero attached hydrogens (tertiary/aromatic N) is 4. The average molecular weight is 600 g/mol. The number of fused-ring (bicyclic) bond motifs is 4. The summed E-state index contributed by atoms with van der Waals surface area (Å²) in [5.41, 5.74) is 4.43. The SMILES string of the molecule is CCC.ISN1Cc2cccc(n2)CN(SI)Cc2cccc(n2)C1. The van der Waals surface area contributed by atoms with Gasteiger partial charge in [-0.1, -0.05) is 32.4 Å². The molecule has 136 valence electrons. The number of rotatable bonds is 2. The molecule has 1 aliphatic rings. The highest BCUT2D eigenvalue weighted by Crippen LogP contribution is 2.26. The van der Waals surface area contributed by atoms with Crippen LogP contribution in [0.2, 0.25) is 0 Å². The summed E-state index contributed by atoms with van der Waals surface area (Å²) in [5.74, 6) is 0. The summed E-state index contributed by atoms with van der Waals surface area (Å²) in [6.07, 6.45) is 1.25. The van der Waals surface area contributed by atoms with Gasteiger partial charge in [0.25, 0.3) is 0 Å². The maximum absolute atomic E-state index is 4.80. The molecule has 3 rings (SSSR count). The van der Waals surface area contributed by atoms with Crippen molar-refractivity contribution < 1.29 is 0 Å². The van der Waals surface area contributed by atoms with Gasteiger partial charge in [0.15, 0.2) is 0 Å². The van der Waals surface area contributed by atoms with E-state index >= 15 is 0 Å². The van der Waals surface area contributed by atoms with E-state index in [1.165, 1.54) is 6.42 Å². The van der Waals surface area contributed by atoms with Gasteiger partial charge in [-0.15, -0.1) is 0 Å². The second kappa shape index (κ2) is 12.0. The Morgan fingerprint density at radius 1 is 0.760 bits per heavy atom. The Balaban J connectivity index is 0.000000701. The quantitative estimate of drug-likeness (QED) is 0.302. The molecule has 25 heavy (non-hydrogen) atoms. The Kier molecular flexibility index (Phi) is 10.4. The van der Waals surface area contributed by atoms with Crippen molar-refractivity contribution in [3.63, 3.8) is 0 Å². The maximum atomic E-state index is 4.80. The van der Waals surface area contributed by atoms with Crippen LogP contribution in [0.25, 0.3) is 0 Å². The molecule has 0 fully saturated rings. The van der Waals surface area contributed by atoms with E-state index in [4.69, 9.17) is 9.97 Å². The van der Waals surface area contributed by atoms with Gasteiger partial charge in [-0.05, 0) is 42.5 Å². The molecule has 0 aromatic carbocycles. The van der Waals surface area contributed by atoms with Crippen LogP contribution in [0.1, 0.15) is 43.0 Å². The van der Waals surface area contributed by atoms with E-state index in [0.717, 1.165) is 49.0 Å². The molecule has 8 heteroatoms. The first-order valence-corrected chi connectivity index (χ1v) is 14.8. The number of pyridine rings is 2. The zero-order valence-electron chi connectivity index (χ0n) is 14.4. The Morgan fingerprint density at radius 2 is 1.04 bits per heavy atom. The minimum Gasteiger partial charge on any atom is -0.255 e. The highest BCUT2D eigenvalue weighted by molar-refractivity contribution is 14.2. The smallest absolute Gasteiger partial charge is 0.0557 e. The van der Waals surface area contributed by atoms with Crippen molar-refractivity contribution in [1.29, 1.82) is 0 Å². The number of aromatic nitrogens is 2. The van der Waals surface area contributed by atoms with Crippen molar-refractivity contribution in [3.8, 4) is 0 Å². The first kappa shape index (κ1) is 21.7. The third-order valence-electron chi connectivity index (χ3n) is 3.28. The fourth-order valence-electron chi connectivity index (χ4n) is 2.34. The molecule has 3 heterocycles. The molecule has 0 aliphatic carbocycles. The van der Waals surface area contributed by atoms with Crippen LogP contribution in [-0.2, 0) is 26.2 Å². The number of hydrogen-bond acceptors (Lipinski definition) is 6. The standard InChI is InChI=1S/C14H14I2N4S2.C3H8/c15-21-19-7-11-3-1-4-12(17-11)8-20(22-16)10-14-6-2-5-13(9-19)18-14;1-3-2/h1-6H,7-10H2;3H2,1-2H3. The summed E-state index contributed by atoms with van der Waals surface area (Å²) in [7, 11) is 3.42. The predicted molar refractivity (Wildman–Crippen MR) is 126 cm³/mol. The number of hydrogen-bond donors (Lipinski definition) is 0. The Bertz CT molecular complexity index is 562. The summed E-state index contributed by atoms with van der Waals surface area (Å²) < 4.78 is 4.57. The summed E-state index contributed by atoms with van der Waals surface area (Å²) >= 11 is 4.65. The van der Waals surface area contributed by atoms with Crippen molar-refractivity contribution in [2.45, 2.75) is 46.4 Å². The third kappa shape index (κ3) is 7.49. The van der Waals surface area contributed by atoms with E-state index in [0.29, 0.717) is 0 Å². The van der Waals surface area contributed by atoms with Crippen LogP contribution >= 0.6 is 60.6 Å². The minimum atomic E-state index is 0.824. The van der Waals surface area contributed by atoms with E-state index < -0.39 is 0 Å². The van der Waals surface area contributed by atoms with E-state index in [1.54, 1.807) is 18.2 Å². The molecule has 1 aliphatic heterocycles. The second-order valence-electron chi connectivity index (χ2n) is 5.68. The molecule has 0 radical (unpaired) electrons. The monoisotopic (exact) mass is 600 g/mol. The third-order valence-corrected chi connectivity index (χ3v) is 7.53. The Hall–Kier alpha value is 0.380. The van der Waals surface area contributed by atoms with E-state index in [2.05, 4.69) is 101 Å². The van der Waals surface area contributed by atoms with Crippen LogP contribution < -0.4 is 0 Å². The summed E-state index contributed by atoms with van der Waals surface area (Å²) in [4.78, 5) is 9.60. The van der Waals surface area contributed by atoms with E-state index in [-0.39, 0.29) is 0 Å². The Morgan fingerprint density at radius 3 is 1.28 bits per heavy atom. The molecule has 4 bridgehead atoms. The zero-order valence-corrected chi connectivity index (χ0v) is 20.3. The lowest BCUT2D eigenvalue weighted by atomic mass is 10.2. The highest BCUT2D eigenvalue weighted by atomic mass is 127. The fraction of sp³-hybridized carbons (Fsp3) is 0.412. The Labute approximate surface area is 183 Å². The topological polar surface area (TPSA) is 32.3 Å². The van der Waals surface area contributed by atoms with Gasteiger partial charge in [0.1, 0.15) is 0 Å². The molecular formula is C17H22I2N4S2. The van der Waals surface area contributed by atoms with Crippen molar-refractivity contribution in [3.05, 3.63) is 59.2 Å². The van der Waals surface area contributed by atoms with Gasteiger partial charge >= 0.3 is 0 Å². The molecule has 0 amide bonds. The van der Waals surface area contributed by atoms with E-state index in [9.17, 15) is 0 Å². The first-order valence-electron chi connectivity index (χ1n) is 8.15. The zero-order chi connectivity index (χ0) is 18.1. The van der Waals surface area contributed by atoms with E-state index in [1.807, 2.05) is 0 Å². The van der Waals surface area contributed by atoms with Crippen LogP contribution in [-0.4, -0.2) is 18.6 Å². The van der Waals surface area contributed by atoms with Crippen LogP contribution in [0.5, 0.6) is 0 Å². The summed E-state index contributed by atoms with van der Waals surface area (Å²) in [6, 6.07) is 12.6. The normalized spacial score (nSPS) is 15.5. The van der Waals surface area contributed by atoms with Gasteiger partial charge in [0.2, 0.25) is 0 Å². The summed E-state index contributed by atoms with van der Waals surface area (Å²) in [5, 5.41) is 0. The van der Waals surface area contributed by atoms with Gasteiger partial charge in [0.05, 0.1) is 49.0 Å². The molecule has 0 saturated carbocycles. The molecule has 2 aromatic heterocycles. The van der Waals surface area contributed by atoms with Gasteiger partial charge < -0.3 is 0 Å². The highest BCUT2D eigenvalue weighted by Gasteiger charge is 2.14. The predicted octanol–water partition coefficient (Wildman–Crippen LogP) is 6.21. The molecule has 0 saturated heterocycles. The van der Waals surface area contributed by atoms with Crippen molar-refractivity contribution in [2.24, 2.45) is 0 Å². The minimum absolute atomic E-state index is 0.824. The van der Waals surface area contributed by atoms with Crippen molar-refractivity contribution >= 4 is 60.6 Å². The van der Waals surface area contributed by atoms with Crippen molar-refractivity contribution in [2.75, 3.05) is 0 Å². The molecule has 0 unspecified atom stereocenters. The molecule has 0 N–H and O–H groups in total. The maximum Gasteiger partial charge on any atom is 0.0557 e. The van der Waals surface area contributed by atoms with Gasteiger partial charge in [-0.3, -0.25) is 9.97 Å². The lowest BCUT2D eigenvalue weighted by Crippen LogP contribution is -2.20. The average Bonchev–Trinajstić information content (AvgIpc) is 2.61. The lowest BCUT2D eigenvalue weighted by Gasteiger charge is -2.21. The molecule has 4 nitrogen and oxygen atoms in total. The molecule has 0 atom stereocenters. The van der Waals surface area contributed by atoms with Crippen LogP contribution in [0.15, 0.2) is 36.4 Å². The van der Waals surface area contributed by atoms with Crippen LogP contribution in [0.4, 0.5) is 0 Å². The largest absolute Gasteiger partial charge is 0.255 e. The van der Waals surface area contributed by atoms with Crippen molar-refractivity contribution in [1.82, 2.24) is 18.6 Å². The van der Waals surface area contributed by atoms with Gasteiger partial charge in [-0.25, -0.2) is 8.61 Å². The lowest BCUT2D eigenvalue weighted by molar-refractivity contribution is 0.429. The van der Waals surface area contributed by atoms with Crippen LogP contribution in [0.3, 0.4) is 0 Å². The van der Waals surface area contributed by atoms with Gasteiger partial charge in [-0.2, -0.15) is 0 Å². The number of halogens is 2. The summed E-state index contributed by atoms with van der Waals surface area (Å²) in [6.45, 7) is 7.55. The fourth-order valence-corrected chi connectivity index (χ4v) is 4.74. The molecule has 2 aromatic rings. The second-order valence-corrected chi connectivity index (χ2v) is 9.35. The van der Waals surface area contributed by atoms with Gasteiger partial charge in [0, 0.05) is 42.4 Å². The van der Waals surface area contributed by atoms with Crippen LogP contribution in [0, 0.1) is 0 Å². The molecular weight excluding hydrogens is 578 g/mol. The molecule has 0 spiro atoms. The first-order chi connectivity index (χ1) is 12.2.